The monoisotopic (exact) mass is 674 g/mol. The Morgan fingerprint density at radius 1 is 0.979 bits per heavy atom. The molecule has 1 atom stereocenters. The van der Waals surface area contributed by atoms with E-state index < -0.39 is 6.04 Å². The van der Waals surface area contributed by atoms with Gasteiger partial charge in [0.25, 0.3) is 5.56 Å². The Hall–Kier alpha value is -3.35. The Kier molecular flexibility index (Phi) is 10.1. The molecule has 0 spiro atoms. The molecular formula is C36H50N8O3S. The number of fused-ring (bicyclic) bond motifs is 2. The van der Waals surface area contributed by atoms with Crippen LogP contribution in [0.2, 0.25) is 0 Å². The number of nitrogens with zero attached hydrogens (tertiary/aromatic N) is 5. The van der Waals surface area contributed by atoms with Gasteiger partial charge in [-0.2, -0.15) is 5.10 Å². The third-order valence-corrected chi connectivity index (χ3v) is 12.2. The fourth-order valence-electron chi connectivity index (χ4n) is 8.17. The van der Waals surface area contributed by atoms with Crippen LogP contribution in [0.3, 0.4) is 0 Å². The molecule has 3 aromatic rings. The molecule has 12 heteroatoms. The molecule has 3 saturated heterocycles. The second kappa shape index (κ2) is 14.6. The summed E-state index contributed by atoms with van der Waals surface area (Å²) in [5.41, 5.74) is 5.18. The first-order valence-corrected chi connectivity index (χ1v) is 18.9. The van der Waals surface area contributed by atoms with Gasteiger partial charge in [-0.25, -0.2) is 4.79 Å². The molecule has 7 rings (SSSR count). The quantitative estimate of drug-likeness (QED) is 0.365. The second-order valence-electron chi connectivity index (χ2n) is 14.3. The molecule has 3 amide bonds. The van der Waals surface area contributed by atoms with E-state index in [9.17, 15) is 14.4 Å². The summed E-state index contributed by atoms with van der Waals surface area (Å²) in [5.74, 6) is 1.16. The molecule has 0 radical (unpaired) electrons. The molecule has 0 aliphatic carbocycles. The van der Waals surface area contributed by atoms with Gasteiger partial charge in [0, 0.05) is 62.7 Å². The van der Waals surface area contributed by atoms with Crippen LogP contribution < -0.4 is 10.9 Å². The van der Waals surface area contributed by atoms with E-state index in [2.05, 4.69) is 55.5 Å². The largest absolute Gasteiger partial charge is 0.338 e. The highest BCUT2D eigenvalue weighted by molar-refractivity contribution is 7.99. The summed E-state index contributed by atoms with van der Waals surface area (Å²) >= 11 is 1.75. The molecule has 4 aliphatic rings. The Labute approximate surface area is 287 Å². The maximum atomic E-state index is 14.2. The summed E-state index contributed by atoms with van der Waals surface area (Å²) < 4.78 is 0. The molecule has 6 heterocycles. The van der Waals surface area contributed by atoms with Crippen molar-refractivity contribution >= 4 is 34.6 Å². The van der Waals surface area contributed by atoms with Crippen molar-refractivity contribution in [2.75, 3.05) is 65.2 Å². The number of aromatic nitrogens is 3. The van der Waals surface area contributed by atoms with Gasteiger partial charge in [0.05, 0.1) is 16.7 Å². The average Bonchev–Trinajstić information content (AvgIpc) is 3.47. The Balaban J connectivity index is 1.02. The molecule has 258 valence electrons. The molecule has 2 aromatic heterocycles. The molecule has 0 saturated carbocycles. The lowest BCUT2D eigenvalue weighted by molar-refractivity contribution is -0.135. The molecule has 3 N–H and O–H groups in total. The summed E-state index contributed by atoms with van der Waals surface area (Å²) in [6.45, 7) is 8.49. The van der Waals surface area contributed by atoms with Gasteiger partial charge >= 0.3 is 6.03 Å². The lowest BCUT2D eigenvalue weighted by atomic mass is 9.89. The highest BCUT2D eigenvalue weighted by Gasteiger charge is 2.34. The van der Waals surface area contributed by atoms with E-state index in [4.69, 9.17) is 0 Å². The number of nitrogens with one attached hydrogen (secondary N) is 3. The summed E-state index contributed by atoms with van der Waals surface area (Å²) in [5, 5.41) is 12.5. The minimum absolute atomic E-state index is 0.0116. The fourth-order valence-corrected chi connectivity index (χ4v) is 9.24. The number of H-pyrrole nitrogens is 2. The fraction of sp³-hybridized carbons (Fsp3) is 0.611. The molecule has 3 fully saturated rings. The molecule has 4 aliphatic heterocycles. The number of urea groups is 1. The number of amides is 3. The predicted octanol–water partition coefficient (Wildman–Crippen LogP) is 3.73. The zero-order valence-electron chi connectivity index (χ0n) is 28.4. The number of rotatable bonds is 6. The smallest absolute Gasteiger partial charge is 0.318 e. The molecular weight excluding hydrogens is 625 g/mol. The van der Waals surface area contributed by atoms with Crippen molar-refractivity contribution in [3.63, 3.8) is 0 Å². The Morgan fingerprint density at radius 2 is 1.75 bits per heavy atom. The first-order chi connectivity index (χ1) is 23.3. The third kappa shape index (κ3) is 7.30. The normalized spacial score (nSPS) is 21.2. The number of hydrogen-bond donors (Lipinski definition) is 3. The maximum absolute atomic E-state index is 14.2. The van der Waals surface area contributed by atoms with Crippen LogP contribution in [-0.4, -0.2) is 124 Å². The van der Waals surface area contributed by atoms with Gasteiger partial charge in [-0.3, -0.25) is 19.6 Å². The second-order valence-corrected chi connectivity index (χ2v) is 15.4. The van der Waals surface area contributed by atoms with Crippen LogP contribution in [0.25, 0.3) is 10.9 Å². The van der Waals surface area contributed by atoms with Crippen LogP contribution in [0.15, 0.2) is 34.2 Å². The topological polar surface area (TPSA) is 121 Å². The Morgan fingerprint density at radius 3 is 2.52 bits per heavy atom. The van der Waals surface area contributed by atoms with Crippen LogP contribution in [0.5, 0.6) is 0 Å². The van der Waals surface area contributed by atoms with Gasteiger partial charge in [-0.15, -0.1) is 11.8 Å². The van der Waals surface area contributed by atoms with Crippen LogP contribution in [0, 0.1) is 6.92 Å². The zero-order chi connectivity index (χ0) is 33.2. The lowest BCUT2D eigenvalue weighted by Gasteiger charge is -2.43. The predicted molar refractivity (Wildman–Crippen MR) is 190 cm³/mol. The number of carbonyl (C=O) groups is 2. The number of carbonyl (C=O) groups excluding carboxylic acids is 2. The number of likely N-dealkylation sites (tertiary alicyclic amines) is 2. The van der Waals surface area contributed by atoms with E-state index in [1.54, 1.807) is 11.8 Å². The van der Waals surface area contributed by atoms with Crippen molar-refractivity contribution in [2.24, 2.45) is 0 Å². The van der Waals surface area contributed by atoms with Crippen LogP contribution in [-0.2, 0) is 17.6 Å². The van der Waals surface area contributed by atoms with E-state index in [0.29, 0.717) is 38.6 Å². The number of benzene rings is 1. The number of piperidine rings is 2. The van der Waals surface area contributed by atoms with Gasteiger partial charge in [0.1, 0.15) is 6.04 Å². The average molecular weight is 675 g/mol. The van der Waals surface area contributed by atoms with Gasteiger partial charge in [-0.05, 0) is 113 Å². The number of pyridine rings is 1. The minimum Gasteiger partial charge on any atom is -0.338 e. The number of aromatic amines is 2. The van der Waals surface area contributed by atoms with Crippen molar-refractivity contribution in [3.05, 3.63) is 57.0 Å². The first-order valence-electron chi connectivity index (χ1n) is 17.9. The van der Waals surface area contributed by atoms with E-state index in [-0.39, 0.29) is 23.4 Å². The van der Waals surface area contributed by atoms with Crippen LogP contribution in [0.1, 0.15) is 66.7 Å². The first kappa shape index (κ1) is 33.2. The van der Waals surface area contributed by atoms with E-state index in [1.165, 1.54) is 24.8 Å². The van der Waals surface area contributed by atoms with Crippen molar-refractivity contribution in [3.8, 4) is 0 Å². The third-order valence-electron chi connectivity index (χ3n) is 11.1. The summed E-state index contributed by atoms with van der Waals surface area (Å²) in [6.07, 6.45) is 9.36. The Bertz CT molecular complexity index is 1670. The summed E-state index contributed by atoms with van der Waals surface area (Å²) in [4.78, 5) is 52.9. The summed E-state index contributed by atoms with van der Waals surface area (Å²) in [6, 6.07) is 6.00. The SMILES string of the molecule is Cc1cc(C[C@@H](NC(=O)N2CCC(c3cc4c([nH]c3=O)SCCCC4)CC2)C(=O)N2CCN(C3CCN(C)CC3)CC2)cc2cn[nH]c12. The van der Waals surface area contributed by atoms with Gasteiger partial charge < -0.3 is 25.0 Å². The van der Waals surface area contributed by atoms with Crippen molar-refractivity contribution in [2.45, 2.75) is 81.3 Å². The van der Waals surface area contributed by atoms with Crippen LogP contribution in [0.4, 0.5) is 4.79 Å². The van der Waals surface area contributed by atoms with Crippen molar-refractivity contribution in [1.29, 1.82) is 0 Å². The van der Waals surface area contributed by atoms with Crippen molar-refractivity contribution < 1.29 is 9.59 Å². The molecule has 0 bridgehead atoms. The number of hydrogen-bond acceptors (Lipinski definition) is 7. The van der Waals surface area contributed by atoms with Gasteiger partial charge in [-0.1, -0.05) is 6.07 Å². The van der Waals surface area contributed by atoms with Gasteiger partial charge in [0.15, 0.2) is 0 Å². The number of thioether (sulfide) groups is 1. The molecule has 48 heavy (non-hydrogen) atoms. The molecule has 1 aromatic carbocycles. The highest BCUT2D eigenvalue weighted by atomic mass is 32.2. The van der Waals surface area contributed by atoms with Crippen molar-refractivity contribution in [1.82, 2.24) is 40.1 Å². The number of piperazine rings is 1. The van der Waals surface area contributed by atoms with E-state index in [1.807, 2.05) is 22.9 Å². The lowest BCUT2D eigenvalue weighted by Crippen LogP contribution is -2.59. The van der Waals surface area contributed by atoms with E-state index >= 15 is 0 Å². The molecule has 11 nitrogen and oxygen atoms in total. The maximum Gasteiger partial charge on any atom is 0.318 e. The highest BCUT2D eigenvalue weighted by Crippen LogP contribution is 2.31. The van der Waals surface area contributed by atoms with Gasteiger partial charge in [0.2, 0.25) is 5.91 Å². The number of aryl methyl sites for hydroxylation is 2. The molecule has 0 unspecified atom stereocenters. The summed E-state index contributed by atoms with van der Waals surface area (Å²) in [7, 11) is 2.19. The standard InChI is InChI=1S/C36H50N8O3S/c1-24-19-25(20-28-23-37-40-32(24)28)21-31(35(46)43-16-14-42(15-17-43)29-8-10-41(2)11-9-29)38-36(47)44-12-6-26(7-13-44)30-22-27-5-3-4-18-48-34(27)39-33(30)45/h19-20,22-23,26,29,31H,3-18,21H2,1-2H3,(H,37,40)(H,38,47)(H,39,45)/t31-/m1/s1. The van der Waals surface area contributed by atoms with Crippen LogP contribution >= 0.6 is 11.8 Å². The minimum atomic E-state index is -0.668. The van der Waals surface area contributed by atoms with E-state index in [0.717, 1.165) is 90.2 Å². The zero-order valence-corrected chi connectivity index (χ0v) is 29.2.